The zero-order valence-corrected chi connectivity index (χ0v) is 12.5. The first-order chi connectivity index (χ1) is 9.43. The van der Waals surface area contributed by atoms with Gasteiger partial charge in [-0.1, -0.05) is 0 Å². The molecule has 1 aliphatic rings. The summed E-state index contributed by atoms with van der Waals surface area (Å²) in [6.07, 6.45) is -0.534. The zero-order chi connectivity index (χ0) is 15.1. The second-order valence-corrected chi connectivity index (χ2v) is 5.04. The smallest absolute Gasteiger partial charge is 0.251 e. The lowest BCUT2D eigenvalue weighted by Crippen LogP contribution is -2.52. The van der Waals surface area contributed by atoms with E-state index in [1.54, 1.807) is 23.8 Å². The van der Waals surface area contributed by atoms with Crippen LogP contribution in [0.25, 0.3) is 0 Å². The number of primary amides is 1. The van der Waals surface area contributed by atoms with Gasteiger partial charge >= 0.3 is 0 Å². The van der Waals surface area contributed by atoms with Gasteiger partial charge in [-0.3, -0.25) is 14.5 Å². The minimum Gasteiger partial charge on any atom is -0.373 e. The van der Waals surface area contributed by atoms with Crippen molar-refractivity contribution in [1.29, 1.82) is 0 Å². The maximum Gasteiger partial charge on any atom is 0.251 e. The Morgan fingerprint density at radius 3 is 2.85 bits per heavy atom. The van der Waals surface area contributed by atoms with Crippen molar-refractivity contribution >= 4 is 11.8 Å². The first kappa shape index (κ1) is 16.9. The van der Waals surface area contributed by atoms with Crippen LogP contribution in [0.15, 0.2) is 0 Å². The minimum atomic E-state index is -0.429. The highest BCUT2D eigenvalue weighted by Gasteiger charge is 2.28. The lowest BCUT2D eigenvalue weighted by Gasteiger charge is -2.35. The molecule has 20 heavy (non-hydrogen) atoms. The Hall–Kier alpha value is -1.18. The van der Waals surface area contributed by atoms with Gasteiger partial charge < -0.3 is 20.1 Å². The fourth-order valence-corrected chi connectivity index (χ4v) is 2.29. The summed E-state index contributed by atoms with van der Waals surface area (Å²) in [5.41, 5.74) is 5.14. The van der Waals surface area contributed by atoms with Gasteiger partial charge in [-0.05, 0) is 20.9 Å². The van der Waals surface area contributed by atoms with Gasteiger partial charge in [0, 0.05) is 26.2 Å². The molecule has 0 bridgehead atoms. The highest BCUT2D eigenvalue weighted by molar-refractivity contribution is 5.80. The molecule has 0 aliphatic carbocycles. The first-order valence-electron chi connectivity index (χ1n) is 6.92. The molecule has 7 nitrogen and oxygen atoms in total. The normalized spacial score (nSPS) is 21.0. The van der Waals surface area contributed by atoms with Crippen molar-refractivity contribution in [2.24, 2.45) is 5.73 Å². The lowest BCUT2D eigenvalue weighted by molar-refractivity contribution is -0.150. The molecule has 1 saturated heterocycles. The van der Waals surface area contributed by atoms with E-state index in [0.29, 0.717) is 32.8 Å². The summed E-state index contributed by atoms with van der Waals surface area (Å²) < 4.78 is 10.9. The highest BCUT2D eigenvalue weighted by atomic mass is 16.5. The third kappa shape index (κ3) is 5.44. The van der Waals surface area contributed by atoms with Gasteiger partial charge in [0.1, 0.15) is 6.10 Å². The van der Waals surface area contributed by atoms with Crippen molar-refractivity contribution < 1.29 is 19.1 Å². The van der Waals surface area contributed by atoms with E-state index in [9.17, 15) is 9.59 Å². The molecule has 0 aromatic heterocycles. The minimum absolute atomic E-state index is 0.0160. The van der Waals surface area contributed by atoms with Crippen molar-refractivity contribution in [3.05, 3.63) is 0 Å². The van der Waals surface area contributed by atoms with E-state index in [1.807, 2.05) is 6.92 Å². The molecule has 0 aromatic carbocycles. The fraction of sp³-hybridized carbons (Fsp3) is 0.846. The van der Waals surface area contributed by atoms with E-state index in [2.05, 4.69) is 0 Å². The molecule has 2 N–H and O–H groups in total. The maximum absolute atomic E-state index is 12.2. The van der Waals surface area contributed by atoms with Crippen molar-refractivity contribution in [3.8, 4) is 0 Å². The molecular weight excluding hydrogens is 262 g/mol. The Morgan fingerprint density at radius 2 is 2.25 bits per heavy atom. The Kier molecular flexibility index (Phi) is 6.90. The topological polar surface area (TPSA) is 85.1 Å². The number of ether oxygens (including phenoxy) is 2. The summed E-state index contributed by atoms with van der Waals surface area (Å²) in [6.45, 7) is 6.48. The number of hydrogen-bond acceptors (Lipinski definition) is 5. The molecule has 0 spiro atoms. The molecule has 1 aliphatic heterocycles. The van der Waals surface area contributed by atoms with E-state index >= 15 is 0 Å². The molecule has 0 saturated carbocycles. The van der Waals surface area contributed by atoms with Gasteiger partial charge in [-0.2, -0.15) is 0 Å². The monoisotopic (exact) mass is 287 g/mol. The third-order valence-electron chi connectivity index (χ3n) is 3.16. The van der Waals surface area contributed by atoms with Gasteiger partial charge in [0.2, 0.25) is 5.91 Å². The standard InChI is InChI=1S/C13H25N3O4/c1-4-19-10(2)13(18)16-5-6-20-11(8-16)7-15(3)9-12(14)17/h10-11H,4-9H2,1-3H3,(H2,14,17)/t10-,11+/m0/s1. The number of carbonyl (C=O) groups excluding carboxylic acids is 2. The molecule has 0 radical (unpaired) electrons. The second kappa shape index (κ2) is 8.18. The van der Waals surface area contributed by atoms with E-state index < -0.39 is 6.10 Å². The molecule has 1 rings (SSSR count). The van der Waals surface area contributed by atoms with Crippen molar-refractivity contribution in [2.75, 3.05) is 46.4 Å². The summed E-state index contributed by atoms with van der Waals surface area (Å²) in [4.78, 5) is 26.6. The predicted octanol–water partition coefficient (Wildman–Crippen LogP) is -0.944. The molecule has 0 unspecified atom stereocenters. The number of likely N-dealkylation sites (N-methyl/N-ethyl adjacent to an activating group) is 1. The average molecular weight is 287 g/mol. The number of nitrogens with zero attached hydrogens (tertiary/aromatic N) is 2. The second-order valence-electron chi connectivity index (χ2n) is 5.04. The largest absolute Gasteiger partial charge is 0.373 e. The van der Waals surface area contributed by atoms with E-state index in [-0.39, 0.29) is 24.5 Å². The van der Waals surface area contributed by atoms with Crippen LogP contribution in [-0.2, 0) is 19.1 Å². The molecular formula is C13H25N3O4. The van der Waals surface area contributed by atoms with Crippen LogP contribution in [0.3, 0.4) is 0 Å². The first-order valence-corrected chi connectivity index (χ1v) is 6.92. The Morgan fingerprint density at radius 1 is 1.55 bits per heavy atom. The third-order valence-corrected chi connectivity index (χ3v) is 3.16. The Balaban J connectivity index is 2.45. The van der Waals surface area contributed by atoms with E-state index in [1.165, 1.54) is 0 Å². The molecule has 2 amide bonds. The zero-order valence-electron chi connectivity index (χ0n) is 12.5. The van der Waals surface area contributed by atoms with Crippen LogP contribution in [0.4, 0.5) is 0 Å². The van der Waals surface area contributed by atoms with E-state index in [0.717, 1.165) is 0 Å². The number of rotatable bonds is 7. The molecule has 116 valence electrons. The van der Waals surface area contributed by atoms with E-state index in [4.69, 9.17) is 15.2 Å². The van der Waals surface area contributed by atoms with Gasteiger partial charge in [0.25, 0.3) is 5.91 Å². The van der Waals surface area contributed by atoms with Crippen molar-refractivity contribution in [1.82, 2.24) is 9.80 Å². The maximum atomic E-state index is 12.2. The van der Waals surface area contributed by atoms with Crippen LogP contribution < -0.4 is 5.73 Å². The van der Waals surface area contributed by atoms with Gasteiger partial charge in [-0.15, -0.1) is 0 Å². The summed E-state index contributed by atoms with van der Waals surface area (Å²) in [5, 5.41) is 0. The SMILES string of the molecule is CCO[C@@H](C)C(=O)N1CCO[C@H](CN(C)CC(N)=O)C1. The average Bonchev–Trinajstić information content (AvgIpc) is 2.37. The predicted molar refractivity (Wildman–Crippen MR) is 74.1 cm³/mol. The number of morpholine rings is 1. The Labute approximate surface area is 120 Å². The summed E-state index contributed by atoms with van der Waals surface area (Å²) in [5.74, 6) is -0.390. The van der Waals surface area contributed by atoms with Crippen LogP contribution in [0, 0.1) is 0 Å². The van der Waals surface area contributed by atoms with Gasteiger partial charge in [0.15, 0.2) is 0 Å². The molecule has 0 aromatic rings. The molecule has 7 heteroatoms. The van der Waals surface area contributed by atoms with Crippen LogP contribution in [0.1, 0.15) is 13.8 Å². The lowest BCUT2D eigenvalue weighted by atomic mass is 10.2. The number of hydrogen-bond donors (Lipinski definition) is 1. The highest BCUT2D eigenvalue weighted by Crippen LogP contribution is 2.09. The van der Waals surface area contributed by atoms with Crippen LogP contribution >= 0.6 is 0 Å². The number of nitrogens with two attached hydrogens (primary N) is 1. The van der Waals surface area contributed by atoms with Crippen LogP contribution in [0.5, 0.6) is 0 Å². The summed E-state index contributed by atoms with van der Waals surface area (Å²) >= 11 is 0. The van der Waals surface area contributed by atoms with Crippen LogP contribution in [-0.4, -0.2) is 80.3 Å². The van der Waals surface area contributed by atoms with Gasteiger partial charge in [-0.25, -0.2) is 0 Å². The summed E-state index contributed by atoms with van der Waals surface area (Å²) in [7, 11) is 1.80. The van der Waals surface area contributed by atoms with Crippen LogP contribution in [0.2, 0.25) is 0 Å². The Bertz CT molecular complexity index is 338. The fourth-order valence-electron chi connectivity index (χ4n) is 2.29. The van der Waals surface area contributed by atoms with Gasteiger partial charge in [0.05, 0.1) is 19.3 Å². The molecule has 1 heterocycles. The number of amides is 2. The quantitative estimate of drug-likeness (QED) is 0.653. The number of carbonyl (C=O) groups is 2. The molecule has 1 fully saturated rings. The molecule has 2 atom stereocenters. The summed E-state index contributed by atoms with van der Waals surface area (Å²) in [6, 6.07) is 0. The van der Waals surface area contributed by atoms with Crippen molar-refractivity contribution in [3.63, 3.8) is 0 Å². The van der Waals surface area contributed by atoms with Crippen molar-refractivity contribution in [2.45, 2.75) is 26.1 Å².